The Hall–Kier alpha value is -1.16. The fourth-order valence-corrected chi connectivity index (χ4v) is 2.42. The summed E-state index contributed by atoms with van der Waals surface area (Å²) in [6.07, 6.45) is 0. The topological polar surface area (TPSA) is 37.0 Å². The summed E-state index contributed by atoms with van der Waals surface area (Å²) in [6, 6.07) is 9.34. The number of halogens is 3. The molecule has 0 aliphatic rings. The Morgan fingerprint density at radius 2 is 1.60 bits per heavy atom. The molecule has 2 aromatic rings. The van der Waals surface area contributed by atoms with Crippen LogP contribution in [0.4, 0.5) is 11.6 Å². The quantitative estimate of drug-likeness (QED) is 0.803. The zero-order valence-corrected chi connectivity index (χ0v) is 13.3. The lowest BCUT2D eigenvalue weighted by atomic mass is 10.1. The third-order valence-electron chi connectivity index (χ3n) is 2.89. The van der Waals surface area contributed by atoms with Gasteiger partial charge in [0.05, 0.1) is 10.0 Å². The predicted octanol–water partition coefficient (Wildman–Crippen LogP) is 5.26. The van der Waals surface area contributed by atoms with Gasteiger partial charge >= 0.3 is 0 Å². The minimum absolute atomic E-state index is 0.0446. The van der Waals surface area contributed by atoms with Crippen LogP contribution in [0.3, 0.4) is 0 Å². The molecule has 20 heavy (non-hydrogen) atoms. The largest absolute Gasteiger partial charge is 0.372 e. The van der Waals surface area contributed by atoms with E-state index in [0.29, 0.717) is 26.7 Å². The van der Waals surface area contributed by atoms with Crippen LogP contribution in [0.25, 0.3) is 0 Å². The van der Waals surface area contributed by atoms with Crippen molar-refractivity contribution in [3.8, 4) is 0 Å². The minimum atomic E-state index is 0.0446. The van der Waals surface area contributed by atoms with Crippen LogP contribution in [0.2, 0.25) is 15.1 Å². The maximum absolute atomic E-state index is 6.16. The van der Waals surface area contributed by atoms with Gasteiger partial charge in [0.15, 0.2) is 0 Å². The van der Waals surface area contributed by atoms with Gasteiger partial charge in [0.2, 0.25) is 0 Å². The number of rotatable bonds is 4. The first-order chi connectivity index (χ1) is 9.51. The lowest BCUT2D eigenvalue weighted by molar-refractivity contribution is 0.875. The number of nitrogens with zero attached hydrogens (tertiary/aromatic N) is 1. The fraction of sp³-hybridized carbons (Fsp3) is 0.214. The van der Waals surface area contributed by atoms with Crippen molar-refractivity contribution < 1.29 is 0 Å². The van der Waals surface area contributed by atoms with E-state index in [1.165, 1.54) is 0 Å². The highest BCUT2D eigenvalue weighted by Crippen LogP contribution is 2.31. The molecule has 1 atom stereocenters. The fourth-order valence-electron chi connectivity index (χ4n) is 1.78. The molecule has 1 aromatic heterocycles. The highest BCUT2D eigenvalue weighted by Gasteiger charge is 2.12. The molecule has 0 spiro atoms. The Kier molecular flexibility index (Phi) is 4.97. The van der Waals surface area contributed by atoms with Crippen LogP contribution in [0.5, 0.6) is 0 Å². The van der Waals surface area contributed by atoms with Crippen LogP contribution in [0.15, 0.2) is 30.3 Å². The summed E-state index contributed by atoms with van der Waals surface area (Å²) in [4.78, 5) is 4.36. The van der Waals surface area contributed by atoms with E-state index in [1.807, 2.05) is 31.2 Å². The molecule has 1 heterocycles. The number of nitrogens with one attached hydrogen (secondary N) is 2. The summed E-state index contributed by atoms with van der Waals surface area (Å²) in [5.41, 5.74) is 1.09. The molecule has 3 nitrogen and oxygen atoms in total. The molecule has 0 aliphatic heterocycles. The van der Waals surface area contributed by atoms with Crippen LogP contribution < -0.4 is 10.6 Å². The summed E-state index contributed by atoms with van der Waals surface area (Å²) in [5, 5.41) is 7.87. The molecule has 0 bridgehead atoms. The Morgan fingerprint density at radius 3 is 2.20 bits per heavy atom. The molecule has 1 aromatic carbocycles. The maximum Gasteiger partial charge on any atom is 0.147 e. The molecular formula is C14H14Cl3N3. The van der Waals surface area contributed by atoms with Gasteiger partial charge in [-0.1, -0.05) is 46.9 Å². The average molecular weight is 331 g/mol. The Labute approximate surface area is 133 Å². The lowest BCUT2D eigenvalue weighted by Gasteiger charge is -2.17. The SMILES string of the molecule is CNc1nc(NC(C)c2ccc(Cl)cc2)c(Cl)cc1Cl. The van der Waals surface area contributed by atoms with Crippen LogP contribution >= 0.6 is 34.8 Å². The Bertz CT molecular complexity index is 599. The Balaban J connectivity index is 2.23. The zero-order valence-electron chi connectivity index (χ0n) is 11.0. The summed E-state index contributed by atoms with van der Waals surface area (Å²) in [5.74, 6) is 1.17. The van der Waals surface area contributed by atoms with Crippen molar-refractivity contribution in [1.29, 1.82) is 0 Å². The number of anilines is 2. The van der Waals surface area contributed by atoms with Crippen LogP contribution in [0, 0.1) is 0 Å². The molecule has 1 unspecified atom stereocenters. The van der Waals surface area contributed by atoms with Gasteiger partial charge in [-0.25, -0.2) is 4.98 Å². The average Bonchev–Trinajstić information content (AvgIpc) is 2.42. The van der Waals surface area contributed by atoms with Crippen molar-refractivity contribution in [2.45, 2.75) is 13.0 Å². The van der Waals surface area contributed by atoms with E-state index in [-0.39, 0.29) is 6.04 Å². The van der Waals surface area contributed by atoms with Crippen molar-refractivity contribution in [3.05, 3.63) is 51.0 Å². The highest BCUT2D eigenvalue weighted by atomic mass is 35.5. The van der Waals surface area contributed by atoms with Crippen molar-refractivity contribution in [2.75, 3.05) is 17.7 Å². The monoisotopic (exact) mass is 329 g/mol. The van der Waals surface area contributed by atoms with Gasteiger partial charge < -0.3 is 10.6 Å². The normalized spacial score (nSPS) is 12.1. The number of pyridine rings is 1. The summed E-state index contributed by atoms with van der Waals surface area (Å²) >= 11 is 18.1. The van der Waals surface area contributed by atoms with Crippen LogP contribution in [-0.4, -0.2) is 12.0 Å². The molecule has 2 N–H and O–H groups in total. The van der Waals surface area contributed by atoms with E-state index in [1.54, 1.807) is 13.1 Å². The van der Waals surface area contributed by atoms with Crippen LogP contribution in [-0.2, 0) is 0 Å². The van der Waals surface area contributed by atoms with E-state index in [9.17, 15) is 0 Å². The van der Waals surface area contributed by atoms with E-state index < -0.39 is 0 Å². The highest BCUT2D eigenvalue weighted by molar-refractivity contribution is 6.37. The lowest BCUT2D eigenvalue weighted by Crippen LogP contribution is -2.09. The summed E-state index contributed by atoms with van der Waals surface area (Å²) in [6.45, 7) is 2.02. The number of aromatic nitrogens is 1. The Morgan fingerprint density at radius 1 is 1.00 bits per heavy atom. The van der Waals surface area contributed by atoms with Crippen molar-refractivity contribution in [3.63, 3.8) is 0 Å². The van der Waals surface area contributed by atoms with E-state index >= 15 is 0 Å². The van der Waals surface area contributed by atoms with Crippen LogP contribution in [0.1, 0.15) is 18.5 Å². The van der Waals surface area contributed by atoms with Gasteiger partial charge in [-0.05, 0) is 30.7 Å². The minimum Gasteiger partial charge on any atom is -0.372 e. The second-order valence-electron chi connectivity index (χ2n) is 4.32. The molecule has 2 rings (SSSR count). The smallest absolute Gasteiger partial charge is 0.147 e. The van der Waals surface area contributed by atoms with E-state index in [0.717, 1.165) is 5.56 Å². The van der Waals surface area contributed by atoms with Crippen molar-refractivity contribution in [2.24, 2.45) is 0 Å². The van der Waals surface area contributed by atoms with Gasteiger partial charge in [-0.2, -0.15) is 0 Å². The molecule has 0 saturated heterocycles. The third-order valence-corrected chi connectivity index (χ3v) is 3.72. The van der Waals surface area contributed by atoms with E-state index in [2.05, 4.69) is 15.6 Å². The number of hydrogen-bond donors (Lipinski definition) is 2. The maximum atomic E-state index is 6.16. The first-order valence-corrected chi connectivity index (χ1v) is 7.20. The van der Waals surface area contributed by atoms with Crippen molar-refractivity contribution in [1.82, 2.24) is 4.98 Å². The second kappa shape index (κ2) is 6.53. The molecule has 0 amide bonds. The molecule has 0 fully saturated rings. The molecule has 0 radical (unpaired) electrons. The van der Waals surface area contributed by atoms with Gasteiger partial charge in [0.25, 0.3) is 0 Å². The van der Waals surface area contributed by atoms with Gasteiger partial charge in [0, 0.05) is 18.1 Å². The molecule has 0 saturated carbocycles. The zero-order chi connectivity index (χ0) is 14.7. The van der Waals surface area contributed by atoms with E-state index in [4.69, 9.17) is 34.8 Å². The summed E-state index contributed by atoms with van der Waals surface area (Å²) < 4.78 is 0. The molecule has 0 aliphatic carbocycles. The van der Waals surface area contributed by atoms with Gasteiger partial charge in [-0.3, -0.25) is 0 Å². The molecule has 106 valence electrons. The second-order valence-corrected chi connectivity index (χ2v) is 5.57. The first kappa shape index (κ1) is 15.2. The first-order valence-electron chi connectivity index (χ1n) is 6.07. The number of hydrogen-bond acceptors (Lipinski definition) is 3. The molecular weight excluding hydrogens is 317 g/mol. The van der Waals surface area contributed by atoms with Crippen molar-refractivity contribution >= 4 is 46.4 Å². The van der Waals surface area contributed by atoms with Gasteiger partial charge in [0.1, 0.15) is 11.6 Å². The number of benzene rings is 1. The van der Waals surface area contributed by atoms with Gasteiger partial charge in [-0.15, -0.1) is 0 Å². The predicted molar refractivity (Wildman–Crippen MR) is 87.3 cm³/mol. The third kappa shape index (κ3) is 3.48. The summed E-state index contributed by atoms with van der Waals surface area (Å²) in [7, 11) is 1.76. The standard InChI is InChI=1S/C14H14Cl3N3/c1-8(9-3-5-10(15)6-4-9)19-14-12(17)7-11(16)13(18-2)20-14/h3-8H,1-2H3,(H2,18,19,20). The molecule has 6 heteroatoms.